The molecule has 6 nitrogen and oxygen atoms in total. The molecule has 0 aliphatic carbocycles. The summed E-state index contributed by atoms with van der Waals surface area (Å²) in [5.74, 6) is 0.112. The molecule has 1 saturated heterocycles. The molecule has 1 atom stereocenters. The number of aromatic nitrogens is 2. The molecule has 174 valence electrons. The summed E-state index contributed by atoms with van der Waals surface area (Å²) in [7, 11) is 4.06. The largest absolute Gasteiger partial charge is 0.378 e. The van der Waals surface area contributed by atoms with Crippen molar-refractivity contribution < 1.29 is 9.53 Å². The van der Waals surface area contributed by atoms with Crippen LogP contribution in [0.3, 0.4) is 0 Å². The summed E-state index contributed by atoms with van der Waals surface area (Å²) in [6, 6.07) is 18.5. The second kappa shape index (κ2) is 10.2. The topological polar surface area (TPSA) is 50.6 Å². The first-order chi connectivity index (χ1) is 15.9. The van der Waals surface area contributed by atoms with Gasteiger partial charge < -0.3 is 14.5 Å². The molecule has 33 heavy (non-hydrogen) atoms. The molecular weight excluding hydrogens is 412 g/mol. The Bertz CT molecular complexity index is 1070. The molecule has 1 amide bonds. The van der Waals surface area contributed by atoms with Gasteiger partial charge in [0, 0.05) is 50.7 Å². The molecule has 0 spiro atoms. The molecule has 3 aromatic rings. The first kappa shape index (κ1) is 23.1. The maximum Gasteiger partial charge on any atom is 0.227 e. The van der Waals surface area contributed by atoms with E-state index in [-0.39, 0.29) is 12.0 Å². The van der Waals surface area contributed by atoms with Gasteiger partial charge in [-0.1, -0.05) is 30.3 Å². The minimum absolute atomic E-state index is 0.112. The third-order valence-electron chi connectivity index (χ3n) is 6.40. The van der Waals surface area contributed by atoms with Crippen LogP contribution in [-0.4, -0.2) is 53.9 Å². The van der Waals surface area contributed by atoms with Crippen molar-refractivity contribution in [1.29, 1.82) is 0 Å². The summed E-state index contributed by atoms with van der Waals surface area (Å²) < 4.78 is 7.80. The van der Waals surface area contributed by atoms with Crippen molar-refractivity contribution in [1.82, 2.24) is 14.7 Å². The van der Waals surface area contributed by atoms with Crippen LogP contribution in [0.2, 0.25) is 0 Å². The van der Waals surface area contributed by atoms with Gasteiger partial charge in [0.15, 0.2) is 0 Å². The predicted octanol–water partition coefficient (Wildman–Crippen LogP) is 4.31. The fourth-order valence-corrected chi connectivity index (χ4v) is 4.42. The van der Waals surface area contributed by atoms with Crippen LogP contribution < -0.4 is 4.90 Å². The van der Waals surface area contributed by atoms with E-state index in [4.69, 9.17) is 9.84 Å². The number of ether oxygens (including phenoxy) is 1. The first-order valence-corrected chi connectivity index (χ1v) is 11.7. The number of para-hydroxylation sites is 1. The molecule has 0 N–H and O–H groups in total. The van der Waals surface area contributed by atoms with E-state index in [1.807, 2.05) is 67.9 Å². The number of amides is 1. The number of carbonyl (C=O) groups excluding carboxylic acids is 1. The van der Waals surface area contributed by atoms with E-state index in [0.29, 0.717) is 19.5 Å². The van der Waals surface area contributed by atoms with Crippen LogP contribution in [0, 0.1) is 13.8 Å². The zero-order valence-electron chi connectivity index (χ0n) is 20.1. The Hall–Kier alpha value is -3.12. The highest BCUT2D eigenvalue weighted by Crippen LogP contribution is 2.22. The first-order valence-electron chi connectivity index (χ1n) is 11.7. The quantitative estimate of drug-likeness (QED) is 0.518. The number of hydrogen-bond donors (Lipinski definition) is 0. The molecule has 1 aliphatic rings. The molecule has 1 aliphatic heterocycles. The van der Waals surface area contributed by atoms with Crippen molar-refractivity contribution in [3.8, 4) is 5.69 Å². The summed E-state index contributed by atoms with van der Waals surface area (Å²) >= 11 is 0. The van der Waals surface area contributed by atoms with Crippen molar-refractivity contribution in [2.75, 3.05) is 32.1 Å². The smallest absolute Gasteiger partial charge is 0.227 e. The number of carbonyl (C=O) groups is 1. The Kier molecular flexibility index (Phi) is 7.14. The summed E-state index contributed by atoms with van der Waals surface area (Å²) in [6.07, 6.45) is 2.52. The fourth-order valence-electron chi connectivity index (χ4n) is 4.42. The van der Waals surface area contributed by atoms with Gasteiger partial charge in [-0.05, 0) is 56.5 Å². The van der Waals surface area contributed by atoms with Gasteiger partial charge in [-0.15, -0.1) is 0 Å². The lowest BCUT2D eigenvalue weighted by Gasteiger charge is -2.26. The average Bonchev–Trinajstić information content (AvgIpc) is 3.43. The average molecular weight is 447 g/mol. The second-order valence-corrected chi connectivity index (χ2v) is 9.04. The van der Waals surface area contributed by atoms with E-state index in [9.17, 15) is 4.79 Å². The Labute approximate surface area is 196 Å². The third-order valence-corrected chi connectivity index (χ3v) is 6.40. The maximum atomic E-state index is 13.6. The summed E-state index contributed by atoms with van der Waals surface area (Å²) in [5, 5.41) is 4.72. The Balaban J connectivity index is 1.54. The molecule has 4 rings (SSSR count). The van der Waals surface area contributed by atoms with Gasteiger partial charge in [-0.3, -0.25) is 4.79 Å². The SMILES string of the molecule is Cc1nn(-c2ccccc2)c(C)c1CC(=O)N(Cc1ccc(N(C)C)cc1)CC1CCCO1. The molecule has 2 heterocycles. The number of benzene rings is 2. The molecule has 1 fully saturated rings. The summed E-state index contributed by atoms with van der Waals surface area (Å²) in [5.41, 5.74) is 6.20. The van der Waals surface area contributed by atoms with Gasteiger partial charge in [0.1, 0.15) is 0 Å². The van der Waals surface area contributed by atoms with Gasteiger partial charge in [0.05, 0.1) is 23.9 Å². The molecule has 6 heteroatoms. The number of rotatable bonds is 8. The normalized spacial score (nSPS) is 15.6. The van der Waals surface area contributed by atoms with Crippen LogP contribution in [0.25, 0.3) is 5.69 Å². The number of aryl methyl sites for hydroxylation is 1. The molecule has 1 aromatic heterocycles. The summed E-state index contributed by atoms with van der Waals surface area (Å²) in [6.45, 7) is 6.02. The van der Waals surface area contributed by atoms with Crippen molar-refractivity contribution in [2.24, 2.45) is 0 Å². The molecule has 0 bridgehead atoms. The van der Waals surface area contributed by atoms with Gasteiger partial charge in [-0.25, -0.2) is 4.68 Å². The van der Waals surface area contributed by atoms with E-state index in [0.717, 1.165) is 53.3 Å². The molecule has 0 radical (unpaired) electrons. The molecule has 2 aromatic carbocycles. The van der Waals surface area contributed by atoms with E-state index in [2.05, 4.69) is 29.2 Å². The summed E-state index contributed by atoms with van der Waals surface area (Å²) in [4.78, 5) is 17.6. The number of anilines is 1. The van der Waals surface area contributed by atoms with Crippen molar-refractivity contribution >= 4 is 11.6 Å². The molecule has 1 unspecified atom stereocenters. The van der Waals surface area contributed by atoms with Crippen molar-refractivity contribution in [3.63, 3.8) is 0 Å². The van der Waals surface area contributed by atoms with E-state index < -0.39 is 0 Å². The molecule has 0 saturated carbocycles. The minimum Gasteiger partial charge on any atom is -0.378 e. The second-order valence-electron chi connectivity index (χ2n) is 9.04. The zero-order valence-corrected chi connectivity index (χ0v) is 20.1. The highest BCUT2D eigenvalue weighted by molar-refractivity contribution is 5.79. The van der Waals surface area contributed by atoms with Crippen LogP contribution in [-0.2, 0) is 22.5 Å². The standard InChI is InChI=1S/C27H34N4O2/c1-20-26(21(2)31(28-20)24-9-6-5-7-10-24)17-27(32)30(19-25-11-8-16-33-25)18-22-12-14-23(15-13-22)29(3)4/h5-7,9-10,12-15,25H,8,11,16-19H2,1-4H3. The maximum absolute atomic E-state index is 13.6. The van der Waals surface area contributed by atoms with Gasteiger partial charge in [0.25, 0.3) is 0 Å². The van der Waals surface area contributed by atoms with E-state index >= 15 is 0 Å². The lowest BCUT2D eigenvalue weighted by atomic mass is 10.1. The highest BCUT2D eigenvalue weighted by atomic mass is 16.5. The Morgan fingerprint density at radius 1 is 1.09 bits per heavy atom. The molecular formula is C27H34N4O2. The van der Waals surface area contributed by atoms with Crippen LogP contribution in [0.1, 0.15) is 35.4 Å². The van der Waals surface area contributed by atoms with Gasteiger partial charge in [-0.2, -0.15) is 5.10 Å². The van der Waals surface area contributed by atoms with E-state index in [1.165, 1.54) is 0 Å². The predicted molar refractivity (Wildman–Crippen MR) is 132 cm³/mol. The van der Waals surface area contributed by atoms with Crippen molar-refractivity contribution in [2.45, 2.75) is 45.8 Å². The van der Waals surface area contributed by atoms with Crippen LogP contribution in [0.5, 0.6) is 0 Å². The monoisotopic (exact) mass is 446 g/mol. The lowest BCUT2D eigenvalue weighted by Crippen LogP contribution is -2.38. The van der Waals surface area contributed by atoms with Gasteiger partial charge in [0.2, 0.25) is 5.91 Å². The third kappa shape index (κ3) is 5.45. The highest BCUT2D eigenvalue weighted by Gasteiger charge is 2.25. The van der Waals surface area contributed by atoms with E-state index in [1.54, 1.807) is 0 Å². The Morgan fingerprint density at radius 2 is 1.82 bits per heavy atom. The van der Waals surface area contributed by atoms with Crippen LogP contribution in [0.15, 0.2) is 54.6 Å². The minimum atomic E-state index is 0.112. The Morgan fingerprint density at radius 3 is 2.45 bits per heavy atom. The zero-order chi connectivity index (χ0) is 23.4. The van der Waals surface area contributed by atoms with Crippen LogP contribution in [0.4, 0.5) is 5.69 Å². The number of nitrogens with zero attached hydrogens (tertiary/aromatic N) is 4. The number of hydrogen-bond acceptors (Lipinski definition) is 4. The lowest BCUT2D eigenvalue weighted by molar-refractivity contribution is -0.132. The van der Waals surface area contributed by atoms with Crippen molar-refractivity contribution in [3.05, 3.63) is 77.1 Å². The van der Waals surface area contributed by atoms with Gasteiger partial charge >= 0.3 is 0 Å². The van der Waals surface area contributed by atoms with Crippen LogP contribution >= 0.6 is 0 Å². The fraction of sp³-hybridized carbons (Fsp3) is 0.407.